The van der Waals surface area contributed by atoms with Crippen molar-refractivity contribution in [2.45, 2.75) is 25.8 Å². The van der Waals surface area contributed by atoms with Gasteiger partial charge in [0.1, 0.15) is 6.61 Å². The number of nitrogens with zero attached hydrogens (tertiary/aromatic N) is 2. The summed E-state index contributed by atoms with van der Waals surface area (Å²) in [6, 6.07) is 6.17. The Labute approximate surface area is 125 Å². The number of carbonyl (C=O) groups is 1. The van der Waals surface area contributed by atoms with Crippen LogP contribution in [0.5, 0.6) is 5.75 Å². The van der Waals surface area contributed by atoms with Gasteiger partial charge < -0.3 is 9.64 Å². The zero-order valence-corrected chi connectivity index (χ0v) is 12.7. The number of hydrogen-bond acceptors (Lipinski definition) is 3. The van der Waals surface area contributed by atoms with Crippen LogP contribution >= 0.6 is 0 Å². The molecular formula is C16H23FN2O2. The van der Waals surface area contributed by atoms with E-state index in [0.717, 1.165) is 25.9 Å². The second-order valence-corrected chi connectivity index (χ2v) is 5.47. The van der Waals surface area contributed by atoms with Crippen LogP contribution < -0.4 is 4.74 Å². The molecule has 1 amide bonds. The molecule has 1 atom stereocenters. The van der Waals surface area contributed by atoms with Crippen molar-refractivity contribution in [2.24, 2.45) is 0 Å². The minimum absolute atomic E-state index is 0.167. The summed E-state index contributed by atoms with van der Waals surface area (Å²) in [4.78, 5) is 16.1. The average Bonchev–Trinajstić information content (AvgIpc) is 3.01. The molecule has 21 heavy (non-hydrogen) atoms. The number of ether oxygens (including phenoxy) is 1. The first-order valence-electron chi connectivity index (χ1n) is 7.46. The molecule has 5 heteroatoms. The van der Waals surface area contributed by atoms with E-state index in [0.29, 0.717) is 13.2 Å². The number of amides is 1. The normalized spacial score (nSPS) is 16.3. The van der Waals surface area contributed by atoms with Gasteiger partial charge in [-0.2, -0.15) is 0 Å². The maximum Gasteiger partial charge on any atom is 0.239 e. The van der Waals surface area contributed by atoms with E-state index in [9.17, 15) is 9.18 Å². The van der Waals surface area contributed by atoms with Gasteiger partial charge in [0.25, 0.3) is 0 Å². The quantitative estimate of drug-likeness (QED) is 0.806. The summed E-state index contributed by atoms with van der Waals surface area (Å²) in [5, 5.41) is 0. The third-order valence-electron chi connectivity index (χ3n) is 3.97. The predicted octanol–water partition coefficient (Wildman–Crippen LogP) is 2.15. The second-order valence-electron chi connectivity index (χ2n) is 5.47. The fraction of sp³-hybridized carbons (Fsp3) is 0.562. The first kappa shape index (κ1) is 15.8. The van der Waals surface area contributed by atoms with Crippen LogP contribution in [-0.4, -0.2) is 55.0 Å². The van der Waals surface area contributed by atoms with E-state index in [-0.39, 0.29) is 23.5 Å². The molecule has 1 aromatic carbocycles. The third-order valence-corrected chi connectivity index (χ3v) is 3.97. The Bertz CT molecular complexity index is 475. The first-order chi connectivity index (χ1) is 10.1. The molecule has 0 radical (unpaired) electrons. The monoisotopic (exact) mass is 294 g/mol. The molecule has 0 spiro atoms. The Kier molecular flexibility index (Phi) is 5.56. The van der Waals surface area contributed by atoms with Crippen molar-refractivity contribution in [3.8, 4) is 5.75 Å². The molecule has 0 aromatic heterocycles. The van der Waals surface area contributed by atoms with Gasteiger partial charge in [0.15, 0.2) is 11.6 Å². The summed E-state index contributed by atoms with van der Waals surface area (Å²) in [6.07, 6.45) is 2.19. The van der Waals surface area contributed by atoms with Crippen LogP contribution in [-0.2, 0) is 4.79 Å². The molecule has 1 aromatic rings. The molecule has 0 N–H and O–H groups in total. The minimum atomic E-state index is -0.360. The van der Waals surface area contributed by atoms with Crippen LogP contribution in [0.1, 0.15) is 19.8 Å². The zero-order valence-electron chi connectivity index (χ0n) is 12.7. The van der Waals surface area contributed by atoms with Crippen LogP contribution in [0.3, 0.4) is 0 Å². The molecule has 1 unspecified atom stereocenters. The fourth-order valence-corrected chi connectivity index (χ4v) is 2.45. The van der Waals surface area contributed by atoms with E-state index in [1.165, 1.54) is 6.07 Å². The van der Waals surface area contributed by atoms with Gasteiger partial charge >= 0.3 is 0 Å². The van der Waals surface area contributed by atoms with Gasteiger partial charge in [-0.15, -0.1) is 0 Å². The SMILES string of the molecule is CC(C(=O)N1CCCC1)N(C)CCOc1ccccc1F. The van der Waals surface area contributed by atoms with Crippen molar-refractivity contribution >= 4 is 5.91 Å². The highest BCUT2D eigenvalue weighted by molar-refractivity contribution is 5.81. The van der Waals surface area contributed by atoms with Gasteiger partial charge in [0, 0.05) is 19.6 Å². The van der Waals surface area contributed by atoms with Crippen molar-refractivity contribution < 1.29 is 13.9 Å². The molecule has 116 valence electrons. The number of benzene rings is 1. The van der Waals surface area contributed by atoms with Crippen LogP contribution in [0.2, 0.25) is 0 Å². The Morgan fingerprint density at radius 1 is 1.38 bits per heavy atom. The largest absolute Gasteiger partial charge is 0.489 e. The number of rotatable bonds is 6. The highest BCUT2D eigenvalue weighted by Gasteiger charge is 2.25. The number of halogens is 1. The lowest BCUT2D eigenvalue weighted by atomic mass is 10.2. The summed E-state index contributed by atoms with van der Waals surface area (Å²) < 4.78 is 18.8. The maximum absolute atomic E-state index is 13.4. The number of para-hydroxylation sites is 1. The molecule has 1 heterocycles. The standard InChI is InChI=1S/C16H23FN2O2/c1-13(16(20)19-9-5-6-10-19)18(2)11-12-21-15-8-4-3-7-14(15)17/h3-4,7-8,13H,5-6,9-12H2,1-2H3. The molecule has 0 bridgehead atoms. The highest BCUT2D eigenvalue weighted by atomic mass is 19.1. The first-order valence-corrected chi connectivity index (χ1v) is 7.46. The van der Waals surface area contributed by atoms with E-state index in [2.05, 4.69) is 0 Å². The molecule has 1 fully saturated rings. The highest BCUT2D eigenvalue weighted by Crippen LogP contribution is 2.15. The average molecular weight is 294 g/mol. The molecule has 1 saturated heterocycles. The van der Waals surface area contributed by atoms with Gasteiger partial charge in [-0.1, -0.05) is 12.1 Å². The van der Waals surface area contributed by atoms with Crippen LogP contribution in [0.25, 0.3) is 0 Å². The molecule has 1 aliphatic heterocycles. The van der Waals surface area contributed by atoms with E-state index < -0.39 is 0 Å². The lowest BCUT2D eigenvalue weighted by Crippen LogP contribution is -2.45. The van der Waals surface area contributed by atoms with Crippen molar-refractivity contribution in [1.29, 1.82) is 0 Å². The van der Waals surface area contributed by atoms with Crippen molar-refractivity contribution in [2.75, 3.05) is 33.3 Å². The molecule has 0 aliphatic carbocycles. The lowest BCUT2D eigenvalue weighted by Gasteiger charge is -2.27. The molecule has 4 nitrogen and oxygen atoms in total. The minimum Gasteiger partial charge on any atom is -0.489 e. The molecule has 1 aliphatic rings. The van der Waals surface area contributed by atoms with Crippen molar-refractivity contribution in [3.63, 3.8) is 0 Å². The summed E-state index contributed by atoms with van der Waals surface area (Å²) in [7, 11) is 1.89. The van der Waals surface area contributed by atoms with Gasteiger partial charge in [-0.05, 0) is 38.9 Å². The summed E-state index contributed by atoms with van der Waals surface area (Å²) in [5.74, 6) is 0.0617. The van der Waals surface area contributed by atoms with Crippen LogP contribution in [0.15, 0.2) is 24.3 Å². The Morgan fingerprint density at radius 3 is 2.71 bits per heavy atom. The van der Waals surface area contributed by atoms with Crippen LogP contribution in [0.4, 0.5) is 4.39 Å². The number of likely N-dealkylation sites (N-methyl/N-ethyl adjacent to an activating group) is 1. The maximum atomic E-state index is 13.4. The zero-order chi connectivity index (χ0) is 15.2. The summed E-state index contributed by atoms with van der Waals surface area (Å²) in [6.45, 7) is 4.57. The lowest BCUT2D eigenvalue weighted by molar-refractivity contribution is -0.134. The summed E-state index contributed by atoms with van der Waals surface area (Å²) >= 11 is 0. The van der Waals surface area contributed by atoms with Gasteiger partial charge in [-0.3, -0.25) is 9.69 Å². The number of likely N-dealkylation sites (tertiary alicyclic amines) is 1. The predicted molar refractivity (Wildman–Crippen MR) is 79.8 cm³/mol. The second kappa shape index (κ2) is 7.41. The third kappa shape index (κ3) is 4.17. The smallest absolute Gasteiger partial charge is 0.239 e. The van der Waals surface area contributed by atoms with E-state index in [1.807, 2.05) is 23.8 Å². The van der Waals surface area contributed by atoms with Crippen LogP contribution in [0, 0.1) is 5.82 Å². The summed E-state index contributed by atoms with van der Waals surface area (Å²) in [5.41, 5.74) is 0. The molecular weight excluding hydrogens is 271 g/mol. The molecule has 2 rings (SSSR count). The van der Waals surface area contributed by atoms with E-state index in [4.69, 9.17) is 4.74 Å². The number of hydrogen-bond donors (Lipinski definition) is 0. The van der Waals surface area contributed by atoms with Gasteiger partial charge in [0.2, 0.25) is 5.91 Å². The van der Waals surface area contributed by atoms with Gasteiger partial charge in [0.05, 0.1) is 6.04 Å². The fourth-order valence-electron chi connectivity index (χ4n) is 2.45. The van der Waals surface area contributed by atoms with Gasteiger partial charge in [-0.25, -0.2) is 4.39 Å². The molecule has 0 saturated carbocycles. The topological polar surface area (TPSA) is 32.8 Å². The van der Waals surface area contributed by atoms with Crippen molar-refractivity contribution in [1.82, 2.24) is 9.80 Å². The van der Waals surface area contributed by atoms with Crippen molar-refractivity contribution in [3.05, 3.63) is 30.1 Å². The Hall–Kier alpha value is -1.62. The Balaban J connectivity index is 1.77. The van der Waals surface area contributed by atoms with E-state index >= 15 is 0 Å². The van der Waals surface area contributed by atoms with E-state index in [1.54, 1.807) is 18.2 Å². The Morgan fingerprint density at radius 2 is 2.05 bits per heavy atom. The number of carbonyl (C=O) groups excluding carboxylic acids is 1.